The van der Waals surface area contributed by atoms with Crippen LogP contribution in [-0.4, -0.2) is 10.6 Å². The van der Waals surface area contributed by atoms with Crippen LogP contribution < -0.4 is 0 Å². The molecule has 1 saturated carbocycles. The zero-order valence-corrected chi connectivity index (χ0v) is 9.49. The molecule has 1 unspecified atom stereocenters. The fraction of sp³-hybridized carbons (Fsp3) is 0.900. The number of ketones is 1. The molecule has 0 aliphatic heterocycles. The molecule has 0 aromatic rings. The maximum Gasteiger partial charge on any atom is 0.152 e. The first-order valence-corrected chi connectivity index (χ1v) is 5.66. The molecule has 1 aliphatic carbocycles. The molecule has 1 atom stereocenters. The second-order valence-electron chi connectivity index (χ2n) is 4.10. The summed E-state index contributed by atoms with van der Waals surface area (Å²) in [6, 6.07) is 0. The maximum atomic E-state index is 11.8. The molecular formula is C10H17BrO. The third kappa shape index (κ3) is 2.09. The fourth-order valence-electron chi connectivity index (χ4n) is 2.06. The zero-order chi connectivity index (χ0) is 9.19. The Morgan fingerprint density at radius 3 is 2.25 bits per heavy atom. The third-order valence-corrected chi connectivity index (χ3v) is 3.33. The number of rotatable bonds is 2. The van der Waals surface area contributed by atoms with Crippen LogP contribution in [0, 0.1) is 5.41 Å². The molecule has 1 fully saturated rings. The number of hydrogen-bond acceptors (Lipinski definition) is 1. The molecule has 2 heteroatoms. The molecule has 70 valence electrons. The van der Waals surface area contributed by atoms with E-state index < -0.39 is 0 Å². The van der Waals surface area contributed by atoms with Gasteiger partial charge in [-0.3, -0.25) is 4.79 Å². The van der Waals surface area contributed by atoms with Crippen LogP contribution in [0.4, 0.5) is 0 Å². The monoisotopic (exact) mass is 232 g/mol. The third-order valence-electron chi connectivity index (χ3n) is 2.91. The summed E-state index contributed by atoms with van der Waals surface area (Å²) < 4.78 is 0. The maximum absolute atomic E-state index is 11.8. The van der Waals surface area contributed by atoms with E-state index in [0.29, 0.717) is 5.78 Å². The molecule has 0 bridgehead atoms. The van der Waals surface area contributed by atoms with Gasteiger partial charge in [-0.1, -0.05) is 42.1 Å². The van der Waals surface area contributed by atoms with Gasteiger partial charge in [0.2, 0.25) is 0 Å². The fourth-order valence-corrected chi connectivity index (χ4v) is 2.61. The standard InChI is InChI=1S/C10H17BrO/c1-8(11)9(12)10(2)6-4-3-5-7-10/h8H,3-7H2,1-2H3. The topological polar surface area (TPSA) is 17.1 Å². The summed E-state index contributed by atoms with van der Waals surface area (Å²) in [5.74, 6) is 0.391. The highest BCUT2D eigenvalue weighted by Gasteiger charge is 2.35. The van der Waals surface area contributed by atoms with Gasteiger partial charge in [0, 0.05) is 5.41 Å². The smallest absolute Gasteiger partial charge is 0.152 e. The van der Waals surface area contributed by atoms with E-state index in [1.54, 1.807) is 0 Å². The van der Waals surface area contributed by atoms with E-state index >= 15 is 0 Å². The summed E-state index contributed by atoms with van der Waals surface area (Å²) in [6.45, 7) is 4.05. The summed E-state index contributed by atoms with van der Waals surface area (Å²) in [5, 5.41) is 0. The van der Waals surface area contributed by atoms with Gasteiger partial charge in [0.15, 0.2) is 5.78 Å². The minimum Gasteiger partial charge on any atom is -0.298 e. The number of hydrogen-bond donors (Lipinski definition) is 0. The molecule has 1 nitrogen and oxygen atoms in total. The Labute approximate surface area is 83.0 Å². The van der Waals surface area contributed by atoms with E-state index in [1.165, 1.54) is 19.3 Å². The van der Waals surface area contributed by atoms with Crippen LogP contribution >= 0.6 is 15.9 Å². The van der Waals surface area contributed by atoms with Crippen LogP contribution in [0.25, 0.3) is 0 Å². The predicted octanol–water partition coefficient (Wildman–Crippen LogP) is 3.31. The Bertz CT molecular complexity index is 169. The normalized spacial score (nSPS) is 24.9. The molecule has 0 spiro atoms. The van der Waals surface area contributed by atoms with Gasteiger partial charge in [0.25, 0.3) is 0 Å². The molecule has 0 N–H and O–H groups in total. The molecule has 0 aromatic carbocycles. The lowest BCUT2D eigenvalue weighted by Crippen LogP contribution is -2.34. The number of halogens is 1. The van der Waals surface area contributed by atoms with Gasteiger partial charge < -0.3 is 0 Å². The molecule has 1 aliphatic rings. The van der Waals surface area contributed by atoms with Crippen LogP contribution in [-0.2, 0) is 4.79 Å². The lowest BCUT2D eigenvalue weighted by molar-refractivity contribution is -0.128. The molecule has 0 heterocycles. The quantitative estimate of drug-likeness (QED) is 0.668. The highest BCUT2D eigenvalue weighted by Crippen LogP contribution is 2.38. The Kier molecular flexibility index (Phi) is 3.33. The largest absolute Gasteiger partial charge is 0.298 e. The molecule has 0 saturated heterocycles. The molecule has 12 heavy (non-hydrogen) atoms. The van der Waals surface area contributed by atoms with E-state index in [-0.39, 0.29) is 10.2 Å². The van der Waals surface area contributed by atoms with Crippen molar-refractivity contribution in [3.63, 3.8) is 0 Å². The predicted molar refractivity (Wildman–Crippen MR) is 54.6 cm³/mol. The lowest BCUT2D eigenvalue weighted by atomic mass is 9.72. The van der Waals surface area contributed by atoms with E-state index in [4.69, 9.17) is 0 Å². The molecular weight excluding hydrogens is 216 g/mol. The Balaban J connectivity index is 2.62. The molecule has 0 radical (unpaired) electrons. The first kappa shape index (κ1) is 10.2. The molecule has 1 rings (SSSR count). The first-order valence-electron chi connectivity index (χ1n) is 4.75. The van der Waals surface area contributed by atoms with Crippen molar-refractivity contribution in [1.29, 1.82) is 0 Å². The van der Waals surface area contributed by atoms with Gasteiger partial charge in [-0.15, -0.1) is 0 Å². The van der Waals surface area contributed by atoms with Crippen LogP contribution in [0.15, 0.2) is 0 Å². The second kappa shape index (κ2) is 3.91. The summed E-state index contributed by atoms with van der Waals surface area (Å²) in [5.41, 5.74) is -0.0266. The average molecular weight is 233 g/mol. The number of carbonyl (C=O) groups excluding carboxylic acids is 1. The van der Waals surface area contributed by atoms with Crippen LogP contribution in [0.5, 0.6) is 0 Å². The summed E-state index contributed by atoms with van der Waals surface area (Å²) in [6.07, 6.45) is 5.92. The second-order valence-corrected chi connectivity index (χ2v) is 5.48. The molecule has 0 amide bonds. The summed E-state index contributed by atoms with van der Waals surface area (Å²) in [4.78, 5) is 11.8. The average Bonchev–Trinajstić information content (AvgIpc) is 2.04. The van der Waals surface area contributed by atoms with Gasteiger partial charge in [-0.05, 0) is 19.8 Å². The Hall–Kier alpha value is 0.150. The van der Waals surface area contributed by atoms with Gasteiger partial charge in [0.1, 0.15) is 0 Å². The minimum absolute atomic E-state index is 0.0266. The Morgan fingerprint density at radius 2 is 1.83 bits per heavy atom. The summed E-state index contributed by atoms with van der Waals surface area (Å²) >= 11 is 3.36. The van der Waals surface area contributed by atoms with Crippen molar-refractivity contribution in [1.82, 2.24) is 0 Å². The van der Waals surface area contributed by atoms with Crippen molar-refractivity contribution in [3.05, 3.63) is 0 Å². The number of carbonyl (C=O) groups is 1. The first-order chi connectivity index (χ1) is 5.56. The van der Waals surface area contributed by atoms with Crippen molar-refractivity contribution in [2.45, 2.75) is 50.8 Å². The van der Waals surface area contributed by atoms with Gasteiger partial charge in [0.05, 0.1) is 4.83 Å². The van der Waals surface area contributed by atoms with Crippen molar-refractivity contribution >= 4 is 21.7 Å². The van der Waals surface area contributed by atoms with Gasteiger partial charge in [-0.25, -0.2) is 0 Å². The van der Waals surface area contributed by atoms with E-state index in [9.17, 15) is 4.79 Å². The van der Waals surface area contributed by atoms with Crippen LogP contribution in [0.2, 0.25) is 0 Å². The lowest BCUT2D eigenvalue weighted by Gasteiger charge is -2.32. The van der Waals surface area contributed by atoms with E-state index in [2.05, 4.69) is 22.9 Å². The number of Topliss-reactive ketones (excluding diaryl/α,β-unsaturated/α-hetero) is 1. The van der Waals surface area contributed by atoms with Crippen LogP contribution in [0.1, 0.15) is 46.0 Å². The van der Waals surface area contributed by atoms with E-state index in [0.717, 1.165) is 12.8 Å². The van der Waals surface area contributed by atoms with Gasteiger partial charge in [-0.2, -0.15) is 0 Å². The highest BCUT2D eigenvalue weighted by molar-refractivity contribution is 9.10. The molecule has 0 aromatic heterocycles. The van der Waals surface area contributed by atoms with Gasteiger partial charge >= 0.3 is 0 Å². The summed E-state index contributed by atoms with van der Waals surface area (Å²) in [7, 11) is 0. The number of alkyl halides is 1. The minimum atomic E-state index is -0.0266. The Morgan fingerprint density at radius 1 is 1.33 bits per heavy atom. The SMILES string of the molecule is CC(Br)C(=O)C1(C)CCCCC1. The zero-order valence-electron chi connectivity index (χ0n) is 7.90. The van der Waals surface area contributed by atoms with Crippen molar-refractivity contribution in [2.75, 3.05) is 0 Å². The van der Waals surface area contributed by atoms with Crippen molar-refractivity contribution in [2.24, 2.45) is 5.41 Å². The van der Waals surface area contributed by atoms with E-state index in [1.807, 2.05) is 6.92 Å². The van der Waals surface area contributed by atoms with Crippen molar-refractivity contribution < 1.29 is 4.79 Å². The van der Waals surface area contributed by atoms with Crippen LogP contribution in [0.3, 0.4) is 0 Å². The highest BCUT2D eigenvalue weighted by atomic mass is 79.9. The van der Waals surface area contributed by atoms with Crippen molar-refractivity contribution in [3.8, 4) is 0 Å².